The van der Waals surface area contributed by atoms with Gasteiger partial charge in [-0.2, -0.15) is 8.42 Å². The smallest absolute Gasteiger partial charge is 0.375 e. The van der Waals surface area contributed by atoms with Crippen molar-refractivity contribution in [2.45, 2.75) is 17.9 Å². The Balaban J connectivity index is 2.23. The SMILES string of the molecule is Cc1ccc(S(=O)(=O)OC2=CC(CO)OC2=O)cc1. The number of hydrogen-bond acceptors (Lipinski definition) is 6. The number of hydrogen-bond donors (Lipinski definition) is 1. The molecule has 102 valence electrons. The third-order valence-electron chi connectivity index (χ3n) is 2.49. The number of carbonyl (C=O) groups is 1. The Morgan fingerprint density at radius 2 is 1.95 bits per heavy atom. The minimum atomic E-state index is -4.08. The highest BCUT2D eigenvalue weighted by Gasteiger charge is 2.31. The van der Waals surface area contributed by atoms with Crippen molar-refractivity contribution >= 4 is 16.1 Å². The van der Waals surface area contributed by atoms with E-state index in [1.165, 1.54) is 12.1 Å². The zero-order chi connectivity index (χ0) is 14.0. The number of rotatable bonds is 4. The van der Waals surface area contributed by atoms with Gasteiger partial charge in [0.25, 0.3) is 0 Å². The fourth-order valence-electron chi connectivity index (χ4n) is 1.49. The van der Waals surface area contributed by atoms with Crippen molar-refractivity contribution in [1.29, 1.82) is 0 Å². The van der Waals surface area contributed by atoms with Crippen LogP contribution in [-0.2, 0) is 23.8 Å². The molecule has 1 aromatic rings. The van der Waals surface area contributed by atoms with E-state index in [4.69, 9.17) is 9.29 Å². The minimum Gasteiger partial charge on any atom is -0.450 e. The second kappa shape index (κ2) is 5.02. The third kappa shape index (κ3) is 2.94. The van der Waals surface area contributed by atoms with Crippen LogP contribution in [0.15, 0.2) is 41.0 Å². The summed E-state index contributed by atoms with van der Waals surface area (Å²) < 4.78 is 33.2. The van der Waals surface area contributed by atoms with Gasteiger partial charge in [0, 0.05) is 6.08 Å². The lowest BCUT2D eigenvalue weighted by molar-refractivity contribution is -0.142. The van der Waals surface area contributed by atoms with Crippen molar-refractivity contribution in [3.05, 3.63) is 41.7 Å². The summed E-state index contributed by atoms with van der Waals surface area (Å²) in [4.78, 5) is 11.3. The van der Waals surface area contributed by atoms with Crippen molar-refractivity contribution in [2.24, 2.45) is 0 Å². The number of aryl methyl sites for hydroxylation is 1. The van der Waals surface area contributed by atoms with E-state index in [0.29, 0.717) is 0 Å². The maximum atomic E-state index is 11.9. The van der Waals surface area contributed by atoms with E-state index in [1.54, 1.807) is 12.1 Å². The van der Waals surface area contributed by atoms with Gasteiger partial charge in [-0.05, 0) is 19.1 Å². The number of aliphatic hydroxyl groups excluding tert-OH is 1. The van der Waals surface area contributed by atoms with Gasteiger partial charge in [0.1, 0.15) is 11.0 Å². The van der Waals surface area contributed by atoms with E-state index in [1.807, 2.05) is 6.92 Å². The molecule has 1 N–H and O–H groups in total. The average molecular weight is 284 g/mol. The molecule has 0 fully saturated rings. The predicted molar refractivity (Wildman–Crippen MR) is 64.5 cm³/mol. The van der Waals surface area contributed by atoms with Crippen molar-refractivity contribution < 1.29 is 27.2 Å². The maximum absolute atomic E-state index is 11.9. The quantitative estimate of drug-likeness (QED) is 0.639. The third-order valence-corrected chi connectivity index (χ3v) is 3.73. The molecule has 1 aromatic carbocycles. The fraction of sp³-hybridized carbons (Fsp3) is 0.250. The van der Waals surface area contributed by atoms with Crippen molar-refractivity contribution in [3.8, 4) is 0 Å². The van der Waals surface area contributed by atoms with E-state index in [9.17, 15) is 13.2 Å². The Labute approximate surface area is 110 Å². The summed E-state index contributed by atoms with van der Waals surface area (Å²) in [6.07, 6.45) is 0.268. The largest absolute Gasteiger partial charge is 0.450 e. The van der Waals surface area contributed by atoms with E-state index in [-0.39, 0.29) is 4.90 Å². The molecule has 0 amide bonds. The topological polar surface area (TPSA) is 89.9 Å². The molecule has 2 rings (SSSR count). The Kier molecular flexibility index (Phi) is 3.59. The minimum absolute atomic E-state index is 0.0563. The Hall–Kier alpha value is -1.86. The molecule has 0 aromatic heterocycles. The van der Waals surface area contributed by atoms with Crippen molar-refractivity contribution in [2.75, 3.05) is 6.61 Å². The molecule has 1 aliphatic rings. The Bertz CT molecular complexity index is 614. The van der Waals surface area contributed by atoms with Gasteiger partial charge in [-0.1, -0.05) is 17.7 Å². The van der Waals surface area contributed by atoms with Crippen molar-refractivity contribution in [1.82, 2.24) is 0 Å². The first-order valence-electron chi connectivity index (χ1n) is 5.47. The van der Waals surface area contributed by atoms with Crippen LogP contribution in [-0.4, -0.2) is 32.2 Å². The molecule has 6 nitrogen and oxygen atoms in total. The summed E-state index contributed by atoms with van der Waals surface area (Å²) in [6, 6.07) is 6.01. The molecule has 19 heavy (non-hydrogen) atoms. The first-order chi connectivity index (χ1) is 8.92. The van der Waals surface area contributed by atoms with Crippen LogP contribution in [0.5, 0.6) is 0 Å². The van der Waals surface area contributed by atoms with Crippen molar-refractivity contribution in [3.63, 3.8) is 0 Å². The predicted octanol–water partition coefficient (Wildman–Crippen LogP) is 0.502. The molecule has 1 unspecified atom stereocenters. The van der Waals surface area contributed by atoms with Crippen LogP contribution in [0.25, 0.3) is 0 Å². The zero-order valence-electron chi connectivity index (χ0n) is 10.1. The summed E-state index contributed by atoms with van der Waals surface area (Å²) in [5.74, 6) is -1.34. The lowest BCUT2D eigenvalue weighted by Crippen LogP contribution is -2.13. The van der Waals surface area contributed by atoms with Crippen LogP contribution in [0.1, 0.15) is 5.56 Å². The van der Waals surface area contributed by atoms with Gasteiger partial charge >= 0.3 is 16.1 Å². The standard InChI is InChI=1S/C12H12O6S/c1-8-2-4-10(5-3-8)19(15,16)18-11-6-9(7-13)17-12(11)14/h2-6,9,13H,7H2,1H3. The molecule has 1 aliphatic heterocycles. The van der Waals surface area contributed by atoms with Gasteiger partial charge in [-0.3, -0.25) is 0 Å². The molecule has 7 heteroatoms. The second-order valence-corrected chi connectivity index (χ2v) is 5.55. The maximum Gasteiger partial charge on any atom is 0.375 e. The van der Waals surface area contributed by atoms with Crippen LogP contribution < -0.4 is 0 Å². The normalized spacial score (nSPS) is 18.9. The number of benzene rings is 1. The van der Waals surface area contributed by atoms with Gasteiger partial charge in [0.15, 0.2) is 0 Å². The van der Waals surface area contributed by atoms with E-state index >= 15 is 0 Å². The summed E-state index contributed by atoms with van der Waals surface area (Å²) in [7, 11) is -4.08. The van der Waals surface area contributed by atoms with Crippen LogP contribution in [0.2, 0.25) is 0 Å². The average Bonchev–Trinajstić information content (AvgIpc) is 2.70. The molecule has 0 saturated carbocycles. The van der Waals surface area contributed by atoms with Gasteiger partial charge in [0.2, 0.25) is 5.76 Å². The highest BCUT2D eigenvalue weighted by atomic mass is 32.2. The van der Waals surface area contributed by atoms with E-state index < -0.39 is 34.6 Å². The highest BCUT2D eigenvalue weighted by molar-refractivity contribution is 7.86. The molecular formula is C12H12O6S. The zero-order valence-corrected chi connectivity index (χ0v) is 10.9. The van der Waals surface area contributed by atoms with E-state index in [0.717, 1.165) is 11.6 Å². The van der Waals surface area contributed by atoms with Gasteiger partial charge in [-0.25, -0.2) is 4.79 Å². The van der Waals surface area contributed by atoms with Gasteiger partial charge in [-0.15, -0.1) is 0 Å². The monoisotopic (exact) mass is 284 g/mol. The van der Waals surface area contributed by atoms with Crippen LogP contribution >= 0.6 is 0 Å². The first-order valence-corrected chi connectivity index (χ1v) is 6.88. The summed E-state index contributed by atoms with van der Waals surface area (Å²) >= 11 is 0. The molecule has 1 atom stereocenters. The highest BCUT2D eigenvalue weighted by Crippen LogP contribution is 2.21. The molecule has 0 radical (unpaired) electrons. The van der Waals surface area contributed by atoms with Gasteiger partial charge in [0.05, 0.1) is 6.61 Å². The summed E-state index contributed by atoms with van der Waals surface area (Å²) in [5, 5.41) is 8.82. The summed E-state index contributed by atoms with van der Waals surface area (Å²) in [5.41, 5.74) is 0.902. The second-order valence-electron chi connectivity index (χ2n) is 4.01. The fourth-order valence-corrected chi connectivity index (χ4v) is 2.42. The lowest BCUT2D eigenvalue weighted by Gasteiger charge is -2.06. The van der Waals surface area contributed by atoms with Crippen LogP contribution in [0.3, 0.4) is 0 Å². The number of ether oxygens (including phenoxy) is 1. The Morgan fingerprint density at radius 3 is 2.47 bits per heavy atom. The number of esters is 1. The van der Waals surface area contributed by atoms with Gasteiger partial charge < -0.3 is 14.0 Å². The number of carbonyl (C=O) groups excluding carboxylic acids is 1. The number of cyclic esters (lactones) is 1. The Morgan fingerprint density at radius 1 is 1.32 bits per heavy atom. The van der Waals surface area contributed by atoms with E-state index in [2.05, 4.69) is 4.74 Å². The van der Waals surface area contributed by atoms with Crippen LogP contribution in [0.4, 0.5) is 0 Å². The molecule has 0 spiro atoms. The van der Waals surface area contributed by atoms with Crippen LogP contribution in [0, 0.1) is 6.92 Å². The number of aliphatic hydroxyl groups is 1. The lowest BCUT2D eigenvalue weighted by atomic mass is 10.2. The molecule has 0 bridgehead atoms. The first kappa shape index (κ1) is 13.6. The molecule has 1 heterocycles. The molecule has 0 aliphatic carbocycles. The molecular weight excluding hydrogens is 272 g/mol. The molecule has 0 saturated heterocycles. The summed E-state index contributed by atoms with van der Waals surface area (Å²) in [6.45, 7) is 1.39.